The van der Waals surface area contributed by atoms with E-state index in [0.717, 1.165) is 29.3 Å². The molecule has 1 aliphatic carbocycles. The van der Waals surface area contributed by atoms with Crippen LogP contribution in [0, 0.1) is 5.92 Å². The Morgan fingerprint density at radius 1 is 1.27 bits per heavy atom. The topological polar surface area (TPSA) is 79.6 Å². The molecule has 0 saturated heterocycles. The van der Waals surface area contributed by atoms with Gasteiger partial charge in [0.1, 0.15) is 0 Å². The highest BCUT2D eigenvalue weighted by molar-refractivity contribution is 6.07. The Morgan fingerprint density at radius 2 is 2.03 bits per heavy atom. The highest BCUT2D eigenvalue weighted by Crippen LogP contribution is 2.32. The largest absolute Gasteiger partial charge is 0.351 e. The molecule has 7 nitrogen and oxygen atoms in total. The predicted molar refractivity (Wildman–Crippen MR) is 118 cm³/mol. The average molecular weight is 408 g/mol. The van der Waals surface area contributed by atoms with Crippen LogP contribution in [0.1, 0.15) is 49.0 Å². The van der Waals surface area contributed by atoms with Crippen molar-refractivity contribution >= 4 is 28.4 Å². The van der Waals surface area contributed by atoms with Crippen molar-refractivity contribution in [3.05, 3.63) is 41.6 Å². The average Bonchev–Trinajstić information content (AvgIpc) is 3.35. The number of allylic oxidation sites excluding steroid dienone is 1. The second-order valence-electron chi connectivity index (χ2n) is 8.58. The number of carbonyl (C=O) groups excluding carboxylic acids is 2. The predicted octanol–water partition coefficient (Wildman–Crippen LogP) is 2.99. The minimum absolute atomic E-state index is 0.185. The van der Waals surface area contributed by atoms with Gasteiger partial charge in [0.05, 0.1) is 29.2 Å². The van der Waals surface area contributed by atoms with Crippen LogP contribution in [-0.4, -0.2) is 59.4 Å². The maximum atomic E-state index is 13.0. The molecular weight excluding hydrogens is 378 g/mol. The first kappa shape index (κ1) is 20.5. The first-order chi connectivity index (χ1) is 14.4. The molecule has 2 aliphatic rings. The fraction of sp³-hybridized carbons (Fsp3) is 0.478. The van der Waals surface area contributed by atoms with Crippen molar-refractivity contribution in [3.8, 4) is 0 Å². The Bertz CT molecular complexity index is 1030. The number of likely N-dealkylation sites (N-methyl/N-ethyl adjacent to an activating group) is 1. The van der Waals surface area contributed by atoms with E-state index in [9.17, 15) is 9.59 Å². The molecule has 1 saturated carbocycles. The van der Waals surface area contributed by atoms with Crippen LogP contribution in [0.15, 0.2) is 41.0 Å². The summed E-state index contributed by atoms with van der Waals surface area (Å²) in [6.07, 6.45) is 8.47. The zero-order chi connectivity index (χ0) is 21.3. The van der Waals surface area contributed by atoms with Gasteiger partial charge in [0.15, 0.2) is 0 Å². The maximum Gasteiger partial charge on any atom is 0.254 e. The summed E-state index contributed by atoms with van der Waals surface area (Å²) in [5.74, 6) is -0.810. The highest BCUT2D eigenvalue weighted by Gasteiger charge is 2.27. The molecular formula is C23H29N5O2. The minimum atomic E-state index is -0.430. The number of hydrogen-bond acceptors (Lipinski definition) is 4. The zero-order valence-electron chi connectivity index (χ0n) is 17.9. The Balaban J connectivity index is 1.52. The lowest BCUT2D eigenvalue weighted by atomic mass is 9.93. The fourth-order valence-corrected chi connectivity index (χ4v) is 4.55. The van der Waals surface area contributed by atoms with Gasteiger partial charge in [-0.3, -0.25) is 14.3 Å². The fourth-order valence-electron chi connectivity index (χ4n) is 4.55. The van der Waals surface area contributed by atoms with Crippen molar-refractivity contribution in [2.75, 3.05) is 27.2 Å². The van der Waals surface area contributed by atoms with E-state index in [-0.39, 0.29) is 18.4 Å². The Labute approximate surface area is 176 Å². The number of carbonyl (C=O) groups is 2. The van der Waals surface area contributed by atoms with Crippen molar-refractivity contribution in [3.63, 3.8) is 0 Å². The van der Waals surface area contributed by atoms with Crippen molar-refractivity contribution in [2.24, 2.45) is 10.9 Å². The van der Waals surface area contributed by atoms with E-state index in [4.69, 9.17) is 0 Å². The lowest BCUT2D eigenvalue weighted by Crippen LogP contribution is -2.37. The Hall–Kier alpha value is -2.80. The van der Waals surface area contributed by atoms with Crippen molar-refractivity contribution < 1.29 is 9.59 Å². The summed E-state index contributed by atoms with van der Waals surface area (Å²) in [6.45, 7) is 2.72. The molecule has 1 aliphatic heterocycles. The van der Waals surface area contributed by atoms with Gasteiger partial charge in [-0.25, -0.2) is 4.99 Å². The van der Waals surface area contributed by atoms with Gasteiger partial charge in [-0.2, -0.15) is 5.10 Å². The lowest BCUT2D eigenvalue weighted by molar-refractivity contribution is -0.120. The summed E-state index contributed by atoms with van der Waals surface area (Å²) in [4.78, 5) is 31.6. The molecule has 1 aromatic heterocycles. The van der Waals surface area contributed by atoms with Gasteiger partial charge in [0.2, 0.25) is 0 Å². The van der Waals surface area contributed by atoms with E-state index >= 15 is 0 Å². The summed E-state index contributed by atoms with van der Waals surface area (Å²) >= 11 is 0. The molecule has 1 atom stereocenters. The first-order valence-electron chi connectivity index (χ1n) is 10.6. The molecule has 2 amide bonds. The third-order valence-electron chi connectivity index (χ3n) is 5.95. The first-order valence-corrected chi connectivity index (χ1v) is 10.6. The maximum absolute atomic E-state index is 13.0. The van der Waals surface area contributed by atoms with Gasteiger partial charge in [-0.15, -0.1) is 0 Å². The van der Waals surface area contributed by atoms with Crippen LogP contribution in [0.2, 0.25) is 0 Å². The smallest absolute Gasteiger partial charge is 0.254 e. The van der Waals surface area contributed by atoms with Gasteiger partial charge < -0.3 is 10.2 Å². The van der Waals surface area contributed by atoms with E-state index in [1.54, 1.807) is 6.20 Å². The zero-order valence-corrected chi connectivity index (χ0v) is 17.9. The Kier molecular flexibility index (Phi) is 5.81. The van der Waals surface area contributed by atoms with Crippen molar-refractivity contribution in [1.82, 2.24) is 20.0 Å². The number of aromatic nitrogens is 2. The molecule has 0 radical (unpaired) electrons. The van der Waals surface area contributed by atoms with Gasteiger partial charge >= 0.3 is 0 Å². The number of fused-ring (bicyclic) bond motifs is 1. The third kappa shape index (κ3) is 4.07. The number of rotatable bonds is 6. The van der Waals surface area contributed by atoms with Gasteiger partial charge in [0, 0.05) is 24.2 Å². The number of nitrogens with one attached hydrogen (secondary N) is 1. The number of aliphatic imine (C=N–C) groups is 1. The number of dihydropyridines is 1. The molecule has 7 heteroatoms. The van der Waals surface area contributed by atoms with Crippen LogP contribution in [0.4, 0.5) is 0 Å². The second-order valence-corrected chi connectivity index (χ2v) is 8.58. The molecule has 2 heterocycles. The van der Waals surface area contributed by atoms with Crippen LogP contribution in [-0.2, 0) is 4.79 Å². The van der Waals surface area contributed by atoms with Crippen LogP contribution in [0.3, 0.4) is 0 Å². The molecule has 1 fully saturated rings. The van der Waals surface area contributed by atoms with E-state index in [1.807, 2.05) is 50.2 Å². The Morgan fingerprint density at radius 3 is 2.77 bits per heavy atom. The van der Waals surface area contributed by atoms with Crippen molar-refractivity contribution in [2.45, 2.75) is 38.6 Å². The molecule has 0 bridgehead atoms. The van der Waals surface area contributed by atoms with E-state index in [1.165, 1.54) is 12.8 Å². The van der Waals surface area contributed by atoms with E-state index in [2.05, 4.69) is 20.1 Å². The molecule has 30 heavy (non-hydrogen) atoms. The van der Waals surface area contributed by atoms with Crippen LogP contribution in [0.5, 0.6) is 0 Å². The number of nitrogens with zero attached hydrogens (tertiary/aromatic N) is 4. The van der Waals surface area contributed by atoms with Gasteiger partial charge in [0.25, 0.3) is 11.8 Å². The summed E-state index contributed by atoms with van der Waals surface area (Å²) in [5, 5.41) is 8.40. The summed E-state index contributed by atoms with van der Waals surface area (Å²) in [5.41, 5.74) is 3.28. The summed E-state index contributed by atoms with van der Waals surface area (Å²) in [6, 6.07) is 6.17. The molecule has 0 spiro atoms. The van der Waals surface area contributed by atoms with Gasteiger partial charge in [-0.1, -0.05) is 18.9 Å². The summed E-state index contributed by atoms with van der Waals surface area (Å²) in [7, 11) is 3.93. The molecule has 2 aromatic rings. The van der Waals surface area contributed by atoms with Crippen LogP contribution in [0.25, 0.3) is 10.9 Å². The van der Waals surface area contributed by atoms with Crippen LogP contribution < -0.4 is 5.32 Å². The number of benzene rings is 1. The third-order valence-corrected chi connectivity index (χ3v) is 5.95. The number of hydrogen-bond donors (Lipinski definition) is 1. The van der Waals surface area contributed by atoms with Crippen molar-refractivity contribution in [1.29, 1.82) is 0 Å². The molecule has 1 N–H and O–H groups in total. The summed E-state index contributed by atoms with van der Waals surface area (Å²) < 4.78 is 2.07. The molecule has 1 unspecified atom stereocenters. The quantitative estimate of drug-likeness (QED) is 0.798. The monoisotopic (exact) mass is 407 g/mol. The molecule has 158 valence electrons. The highest BCUT2D eigenvalue weighted by atomic mass is 16.2. The number of amides is 2. The minimum Gasteiger partial charge on any atom is -0.351 e. The lowest BCUT2D eigenvalue weighted by Gasteiger charge is -2.24. The van der Waals surface area contributed by atoms with Crippen LogP contribution >= 0.6 is 0 Å². The van der Waals surface area contributed by atoms with Gasteiger partial charge in [-0.05, 0) is 57.6 Å². The molecule has 4 rings (SSSR count). The normalized spacial score (nSPS) is 20.0. The van der Waals surface area contributed by atoms with E-state index < -0.39 is 5.92 Å². The second kappa shape index (κ2) is 8.52. The van der Waals surface area contributed by atoms with E-state index in [0.29, 0.717) is 23.9 Å². The SMILES string of the molecule is CC1=NC(=O)C(CNC(=O)c2cccc3c2cnn3C2CCCC2)C(CN(C)C)=C1. The molecule has 1 aromatic carbocycles. The standard InChI is InChI=1S/C23H29N5O2/c1-15-11-16(14-27(2)3)19(23(30)26-15)12-24-22(29)18-9-6-10-21-20(18)13-25-28(21)17-7-4-5-8-17/h6,9-11,13,17,19H,4-5,7-8,12,14H2,1-3H3,(H,24,29).